The molecule has 0 saturated heterocycles. The molecule has 1 aromatic carbocycles. The second kappa shape index (κ2) is 7.22. The number of thiophene rings is 1. The Balaban J connectivity index is 2.01. The van der Waals surface area contributed by atoms with Crippen molar-refractivity contribution in [2.45, 2.75) is 32.8 Å². The highest BCUT2D eigenvalue weighted by Gasteiger charge is 2.20. The lowest BCUT2D eigenvalue weighted by molar-refractivity contribution is -0.123. The van der Waals surface area contributed by atoms with Gasteiger partial charge in [-0.05, 0) is 35.9 Å². The Morgan fingerprint density at radius 2 is 1.86 bits per heavy atom. The monoisotopic (exact) mass is 317 g/mol. The molecule has 1 atom stereocenters. The van der Waals surface area contributed by atoms with Crippen molar-refractivity contribution in [1.29, 1.82) is 0 Å². The predicted molar refractivity (Wildman–Crippen MR) is 88.4 cm³/mol. The molecule has 0 saturated carbocycles. The van der Waals surface area contributed by atoms with Crippen molar-refractivity contribution in [3.05, 3.63) is 52.2 Å². The van der Waals surface area contributed by atoms with Crippen LogP contribution >= 0.6 is 11.3 Å². The van der Waals surface area contributed by atoms with E-state index in [-0.39, 0.29) is 5.91 Å². The summed E-state index contributed by atoms with van der Waals surface area (Å²) in [7, 11) is 0. The number of benzene rings is 1. The average molecular weight is 317 g/mol. The van der Waals surface area contributed by atoms with Crippen LogP contribution in [0.1, 0.15) is 42.6 Å². The van der Waals surface area contributed by atoms with Crippen LogP contribution in [-0.2, 0) is 9.53 Å². The molecule has 2 rings (SSSR count). The molecular weight excluding hydrogens is 298 g/mol. The van der Waals surface area contributed by atoms with Gasteiger partial charge < -0.3 is 10.1 Å². The first-order valence-corrected chi connectivity index (χ1v) is 8.06. The van der Waals surface area contributed by atoms with E-state index in [0.29, 0.717) is 11.5 Å². The molecule has 0 aliphatic rings. The lowest BCUT2D eigenvalue weighted by Crippen LogP contribution is -2.30. The van der Waals surface area contributed by atoms with Gasteiger partial charge in [0, 0.05) is 11.1 Å². The van der Waals surface area contributed by atoms with Gasteiger partial charge in [-0.3, -0.25) is 4.79 Å². The van der Waals surface area contributed by atoms with Crippen molar-refractivity contribution < 1.29 is 14.3 Å². The molecule has 1 N–H and O–H groups in total. The van der Waals surface area contributed by atoms with Crippen LogP contribution in [0.2, 0.25) is 0 Å². The largest absolute Gasteiger partial charge is 0.449 e. The fourth-order valence-electron chi connectivity index (χ4n) is 2.01. The van der Waals surface area contributed by atoms with Crippen LogP contribution in [0.25, 0.3) is 0 Å². The normalized spacial score (nSPS) is 12.0. The number of esters is 1. The number of anilines is 1. The van der Waals surface area contributed by atoms with Crippen molar-refractivity contribution in [3.63, 3.8) is 0 Å². The Kier molecular flexibility index (Phi) is 5.33. The zero-order valence-electron chi connectivity index (χ0n) is 12.8. The number of nitrogens with one attached hydrogen (secondary N) is 1. The van der Waals surface area contributed by atoms with Crippen LogP contribution < -0.4 is 5.32 Å². The van der Waals surface area contributed by atoms with Gasteiger partial charge in [-0.2, -0.15) is 11.3 Å². The van der Waals surface area contributed by atoms with E-state index in [0.717, 1.165) is 11.3 Å². The summed E-state index contributed by atoms with van der Waals surface area (Å²) >= 11 is 1.41. The third-order valence-corrected chi connectivity index (χ3v) is 3.93. The fourth-order valence-corrected chi connectivity index (χ4v) is 2.64. The molecule has 5 heteroatoms. The summed E-state index contributed by atoms with van der Waals surface area (Å²) in [6.07, 6.45) is -0.854. The quantitative estimate of drug-likeness (QED) is 0.846. The first-order valence-electron chi connectivity index (χ1n) is 7.12. The van der Waals surface area contributed by atoms with Crippen LogP contribution in [0, 0.1) is 0 Å². The highest BCUT2D eigenvalue weighted by Crippen LogP contribution is 2.24. The molecule has 1 amide bonds. The predicted octanol–water partition coefficient (Wildman–Crippen LogP) is 4.06. The Morgan fingerprint density at radius 3 is 2.50 bits per heavy atom. The van der Waals surface area contributed by atoms with Crippen LogP contribution in [0.4, 0.5) is 5.69 Å². The molecule has 0 radical (unpaired) electrons. The number of para-hydroxylation sites is 1. The lowest BCUT2D eigenvalue weighted by Gasteiger charge is -2.16. The fraction of sp³-hybridized carbons (Fsp3) is 0.294. The lowest BCUT2D eigenvalue weighted by atomic mass is 10.0. The molecule has 22 heavy (non-hydrogen) atoms. The zero-order valence-corrected chi connectivity index (χ0v) is 13.6. The standard InChI is InChI=1S/C17H19NO3S/c1-11(2)14-6-4-5-7-15(14)18-16(19)12(3)21-17(20)13-8-9-22-10-13/h4-12H,1-3H3,(H,18,19)/t12-/m1/s1. The number of hydrogen-bond acceptors (Lipinski definition) is 4. The molecule has 4 nitrogen and oxygen atoms in total. The van der Waals surface area contributed by atoms with Gasteiger partial charge in [-0.25, -0.2) is 4.79 Å². The van der Waals surface area contributed by atoms with Gasteiger partial charge in [0.25, 0.3) is 5.91 Å². The van der Waals surface area contributed by atoms with Gasteiger partial charge in [0.1, 0.15) is 0 Å². The molecular formula is C17H19NO3S. The summed E-state index contributed by atoms with van der Waals surface area (Å²) in [5, 5.41) is 6.32. The molecule has 116 valence electrons. The summed E-state index contributed by atoms with van der Waals surface area (Å²) in [5.41, 5.74) is 2.26. The van der Waals surface area contributed by atoms with E-state index in [1.54, 1.807) is 23.8 Å². The van der Waals surface area contributed by atoms with Crippen LogP contribution in [0.15, 0.2) is 41.1 Å². The Labute approximate surface area is 134 Å². The maximum Gasteiger partial charge on any atom is 0.339 e. The van der Waals surface area contributed by atoms with Crippen LogP contribution in [0.5, 0.6) is 0 Å². The SMILES string of the molecule is CC(C)c1ccccc1NC(=O)[C@@H](C)OC(=O)c1ccsc1. The molecule has 1 aromatic heterocycles. The van der Waals surface area contributed by atoms with Gasteiger partial charge in [-0.1, -0.05) is 32.0 Å². The zero-order chi connectivity index (χ0) is 16.1. The topological polar surface area (TPSA) is 55.4 Å². The third kappa shape index (κ3) is 3.95. The molecule has 0 spiro atoms. The summed E-state index contributed by atoms with van der Waals surface area (Å²) in [4.78, 5) is 24.1. The molecule has 0 aliphatic heterocycles. The Morgan fingerprint density at radius 1 is 1.14 bits per heavy atom. The van der Waals surface area contributed by atoms with Gasteiger partial charge in [0.15, 0.2) is 6.10 Å². The third-order valence-electron chi connectivity index (χ3n) is 3.25. The highest BCUT2D eigenvalue weighted by molar-refractivity contribution is 7.08. The minimum atomic E-state index is -0.854. The smallest absolute Gasteiger partial charge is 0.339 e. The Hall–Kier alpha value is -2.14. The maximum atomic E-state index is 12.2. The first kappa shape index (κ1) is 16.2. The molecule has 1 heterocycles. The first-order chi connectivity index (χ1) is 10.5. The van der Waals surface area contributed by atoms with E-state index in [9.17, 15) is 9.59 Å². The molecule has 2 aromatic rings. The molecule has 0 bridgehead atoms. The number of rotatable bonds is 5. The van der Waals surface area contributed by atoms with Crippen molar-refractivity contribution >= 4 is 28.9 Å². The number of carbonyl (C=O) groups is 2. The van der Waals surface area contributed by atoms with Crippen LogP contribution in [0.3, 0.4) is 0 Å². The number of carbonyl (C=O) groups excluding carboxylic acids is 2. The molecule has 0 fully saturated rings. The van der Waals surface area contributed by atoms with Gasteiger partial charge in [0.2, 0.25) is 0 Å². The van der Waals surface area contributed by atoms with E-state index in [1.807, 2.05) is 24.3 Å². The van der Waals surface area contributed by atoms with Crippen LogP contribution in [-0.4, -0.2) is 18.0 Å². The van der Waals surface area contributed by atoms with Crippen molar-refractivity contribution in [3.8, 4) is 0 Å². The maximum absolute atomic E-state index is 12.2. The van der Waals surface area contributed by atoms with Gasteiger partial charge in [-0.15, -0.1) is 0 Å². The Bertz CT molecular complexity index is 650. The molecule has 0 aliphatic carbocycles. The van der Waals surface area contributed by atoms with E-state index in [4.69, 9.17) is 4.74 Å². The van der Waals surface area contributed by atoms with Gasteiger partial charge in [0.05, 0.1) is 5.56 Å². The number of hydrogen-bond donors (Lipinski definition) is 1. The number of ether oxygens (including phenoxy) is 1. The summed E-state index contributed by atoms with van der Waals surface area (Å²) in [5.74, 6) is -0.530. The summed E-state index contributed by atoms with van der Waals surface area (Å²) in [6, 6.07) is 9.29. The minimum Gasteiger partial charge on any atom is -0.449 e. The minimum absolute atomic E-state index is 0.292. The second-order valence-corrected chi connectivity index (χ2v) is 6.07. The number of amides is 1. The van der Waals surface area contributed by atoms with E-state index in [1.165, 1.54) is 11.3 Å². The molecule has 0 unspecified atom stereocenters. The van der Waals surface area contributed by atoms with Crippen molar-refractivity contribution in [1.82, 2.24) is 0 Å². The van der Waals surface area contributed by atoms with Crippen molar-refractivity contribution in [2.24, 2.45) is 0 Å². The van der Waals surface area contributed by atoms with E-state index < -0.39 is 12.1 Å². The summed E-state index contributed by atoms with van der Waals surface area (Å²) in [6.45, 7) is 5.69. The van der Waals surface area contributed by atoms with Crippen molar-refractivity contribution in [2.75, 3.05) is 5.32 Å². The highest BCUT2D eigenvalue weighted by atomic mass is 32.1. The van der Waals surface area contributed by atoms with E-state index in [2.05, 4.69) is 19.2 Å². The van der Waals surface area contributed by atoms with E-state index >= 15 is 0 Å². The average Bonchev–Trinajstić information content (AvgIpc) is 3.01. The van der Waals surface area contributed by atoms with Gasteiger partial charge >= 0.3 is 5.97 Å². The summed E-state index contributed by atoms with van der Waals surface area (Å²) < 4.78 is 5.18. The second-order valence-electron chi connectivity index (χ2n) is 5.29.